The molecule has 10 nitrogen and oxygen atoms in total. The second-order valence-electron chi connectivity index (χ2n) is 14.6. The van der Waals surface area contributed by atoms with E-state index >= 15 is 0 Å². The molecule has 1 N–H and O–H groups in total. The van der Waals surface area contributed by atoms with E-state index in [1.807, 2.05) is 40.7 Å². The number of aromatic nitrogens is 1. The van der Waals surface area contributed by atoms with Gasteiger partial charge in [0.05, 0.1) is 47.5 Å². The Hall–Kier alpha value is -3.40. The summed E-state index contributed by atoms with van der Waals surface area (Å²) in [5, 5.41) is 11.1. The quantitative estimate of drug-likeness (QED) is 0.254. The summed E-state index contributed by atoms with van der Waals surface area (Å²) in [5.74, 6) is -2.30. The molecule has 252 valence electrons. The summed E-state index contributed by atoms with van der Waals surface area (Å²) < 4.78 is 17.7. The van der Waals surface area contributed by atoms with Crippen LogP contribution in [-0.2, 0) is 23.9 Å². The Morgan fingerprint density at radius 2 is 1.83 bits per heavy atom. The largest absolute Gasteiger partial charge is 0.488 e. The minimum atomic E-state index is -1.12. The van der Waals surface area contributed by atoms with Crippen molar-refractivity contribution in [2.45, 2.75) is 105 Å². The maximum Gasteiger partial charge on any atom is 0.310 e. The van der Waals surface area contributed by atoms with Crippen LogP contribution < -0.4 is 9.47 Å². The van der Waals surface area contributed by atoms with E-state index in [0.29, 0.717) is 47.0 Å². The number of pyridine rings is 1. The molecule has 0 bridgehead atoms. The van der Waals surface area contributed by atoms with Gasteiger partial charge in [0.1, 0.15) is 17.5 Å². The normalized spacial score (nSPS) is 23.6. The first-order valence-corrected chi connectivity index (χ1v) is 16.4. The Kier molecular flexibility index (Phi) is 10.3. The molecule has 1 aliphatic carbocycles. The van der Waals surface area contributed by atoms with E-state index in [0.717, 1.165) is 0 Å². The number of nitrogens with zero attached hydrogens (tertiary/aromatic N) is 2. The molecule has 2 aliphatic rings. The van der Waals surface area contributed by atoms with Gasteiger partial charge >= 0.3 is 11.9 Å². The monoisotopic (exact) mass is 658 g/mol. The summed E-state index contributed by atoms with van der Waals surface area (Å²) in [6.45, 7) is 15.1. The van der Waals surface area contributed by atoms with Gasteiger partial charge in [-0.25, -0.2) is 4.98 Å². The lowest BCUT2D eigenvalue weighted by molar-refractivity contribution is -0.161. The first kappa shape index (κ1) is 35.5. The van der Waals surface area contributed by atoms with Gasteiger partial charge in [0, 0.05) is 24.3 Å². The highest BCUT2D eigenvalue weighted by atomic mass is 35.5. The minimum Gasteiger partial charge on any atom is -0.488 e. The third kappa shape index (κ3) is 7.76. The molecule has 4 rings (SSSR count). The molecular weight excluding hydrogens is 612 g/mol. The van der Waals surface area contributed by atoms with Crippen molar-refractivity contribution in [3.63, 3.8) is 0 Å². The van der Waals surface area contributed by atoms with Crippen LogP contribution in [0.2, 0.25) is 5.02 Å². The Bertz CT molecular complexity index is 1500. The fourth-order valence-corrected chi connectivity index (χ4v) is 6.72. The lowest BCUT2D eigenvalue weighted by Crippen LogP contribution is -2.48. The standard InChI is InChI=1S/C35H47ClN2O8/c1-9-20-17-35(20,32(42)43)18-26(39)25-14-21(45-27-16-28(44-10-2)37-30-22(27)12-11-13-24(30)36)19-38(25)31(41)23(33(3,4)5)15-29(40)46-34(6,7)8/h11-13,16,20-21,23,25H,9-10,14-15,17-19H2,1-8H3,(H,42,43)/t20-,21-,23-,25+,35-/m1/s1. The highest BCUT2D eigenvalue weighted by molar-refractivity contribution is 6.35. The van der Waals surface area contributed by atoms with Crippen molar-refractivity contribution < 1.29 is 38.5 Å². The van der Waals surface area contributed by atoms with Gasteiger partial charge in [-0.05, 0) is 57.6 Å². The van der Waals surface area contributed by atoms with E-state index in [9.17, 15) is 24.3 Å². The SMILES string of the molecule is CCOc1cc(O[C@@H]2C[C@@H](C(=O)C[C@]3(C(=O)O)C[C@H]3CC)N(C(=O)[C@@H](CC(=O)OC(C)(C)C)C(C)(C)C)C2)c2cccc(Cl)c2n1. The maximum absolute atomic E-state index is 14.4. The molecule has 2 heterocycles. The molecule has 11 heteroatoms. The number of esters is 1. The summed E-state index contributed by atoms with van der Waals surface area (Å²) in [6.07, 6.45) is 0.301. The molecule has 46 heavy (non-hydrogen) atoms. The van der Waals surface area contributed by atoms with Gasteiger partial charge in [-0.1, -0.05) is 51.8 Å². The zero-order valence-corrected chi connectivity index (χ0v) is 28.9. The predicted octanol–water partition coefficient (Wildman–Crippen LogP) is 6.49. The smallest absolute Gasteiger partial charge is 0.310 e. The Balaban J connectivity index is 1.69. The van der Waals surface area contributed by atoms with Crippen LogP contribution >= 0.6 is 11.6 Å². The molecule has 1 aliphatic heterocycles. The molecule has 2 aromatic rings. The number of halogens is 1. The number of carboxylic acids is 1. The summed E-state index contributed by atoms with van der Waals surface area (Å²) >= 11 is 6.47. The van der Waals surface area contributed by atoms with E-state index in [1.54, 1.807) is 39.0 Å². The van der Waals surface area contributed by atoms with Crippen molar-refractivity contribution >= 4 is 46.1 Å². The summed E-state index contributed by atoms with van der Waals surface area (Å²) in [6, 6.07) is 6.08. The second-order valence-corrected chi connectivity index (χ2v) is 15.0. The van der Waals surface area contributed by atoms with Crippen LogP contribution in [0.1, 0.15) is 87.5 Å². The van der Waals surface area contributed by atoms with E-state index < -0.39 is 46.4 Å². The number of benzene rings is 1. The number of aliphatic carboxylic acids is 1. The third-order valence-electron chi connectivity index (χ3n) is 9.01. The highest BCUT2D eigenvalue weighted by Gasteiger charge is 2.61. The number of carbonyl (C=O) groups is 4. The molecular formula is C35H47ClN2O8. The number of ether oxygens (including phenoxy) is 3. The summed E-state index contributed by atoms with van der Waals surface area (Å²) in [5.41, 5.74) is -1.99. The molecule has 2 fully saturated rings. The fourth-order valence-electron chi connectivity index (χ4n) is 6.50. The minimum absolute atomic E-state index is 0.0712. The van der Waals surface area contributed by atoms with Crippen LogP contribution in [0.25, 0.3) is 10.9 Å². The molecule has 1 saturated carbocycles. The average molecular weight is 659 g/mol. The van der Waals surface area contributed by atoms with Crippen LogP contribution in [0.3, 0.4) is 0 Å². The second kappa shape index (κ2) is 13.4. The number of Topliss-reactive ketones (excluding diaryl/α,β-unsaturated/α-hetero) is 1. The number of likely N-dealkylation sites (tertiary alicyclic amines) is 1. The van der Waals surface area contributed by atoms with Gasteiger partial charge in [-0.3, -0.25) is 19.2 Å². The maximum atomic E-state index is 14.4. The van der Waals surface area contributed by atoms with E-state index in [-0.39, 0.29) is 43.4 Å². The number of carboxylic acid groups (broad SMARTS) is 1. The molecule has 0 spiro atoms. The van der Waals surface area contributed by atoms with E-state index in [1.165, 1.54) is 4.90 Å². The molecule has 1 aromatic carbocycles. The van der Waals surface area contributed by atoms with Crippen LogP contribution in [0.15, 0.2) is 24.3 Å². The van der Waals surface area contributed by atoms with Crippen molar-refractivity contribution in [1.82, 2.24) is 9.88 Å². The number of para-hydroxylation sites is 1. The van der Waals surface area contributed by atoms with Gasteiger partial charge in [0.25, 0.3) is 0 Å². The highest BCUT2D eigenvalue weighted by Crippen LogP contribution is 2.57. The molecule has 1 amide bonds. The topological polar surface area (TPSA) is 132 Å². The fraction of sp³-hybridized carbons (Fsp3) is 0.629. The zero-order chi connectivity index (χ0) is 34.2. The Morgan fingerprint density at radius 3 is 2.39 bits per heavy atom. The Labute approximate surface area is 276 Å². The van der Waals surface area contributed by atoms with Crippen molar-refractivity contribution in [1.29, 1.82) is 0 Å². The molecule has 0 radical (unpaired) electrons. The van der Waals surface area contributed by atoms with Crippen molar-refractivity contribution in [3.05, 3.63) is 29.3 Å². The number of ketones is 1. The number of amides is 1. The number of rotatable bonds is 12. The zero-order valence-electron chi connectivity index (χ0n) is 28.1. The van der Waals surface area contributed by atoms with E-state index in [2.05, 4.69) is 4.98 Å². The summed E-state index contributed by atoms with van der Waals surface area (Å²) in [4.78, 5) is 59.7. The first-order chi connectivity index (χ1) is 21.4. The van der Waals surface area contributed by atoms with Crippen molar-refractivity contribution in [2.24, 2.45) is 22.7 Å². The van der Waals surface area contributed by atoms with Crippen LogP contribution in [0.4, 0.5) is 0 Å². The van der Waals surface area contributed by atoms with Crippen molar-refractivity contribution in [3.8, 4) is 11.6 Å². The Morgan fingerprint density at radius 1 is 1.13 bits per heavy atom. The average Bonchev–Trinajstić information content (AvgIpc) is 3.50. The predicted molar refractivity (Wildman–Crippen MR) is 174 cm³/mol. The van der Waals surface area contributed by atoms with Crippen LogP contribution in [0, 0.1) is 22.7 Å². The van der Waals surface area contributed by atoms with Gasteiger partial charge in [0.2, 0.25) is 11.8 Å². The van der Waals surface area contributed by atoms with E-state index in [4.69, 9.17) is 25.8 Å². The third-order valence-corrected chi connectivity index (χ3v) is 9.31. The number of carbonyl (C=O) groups excluding carboxylic acids is 3. The van der Waals surface area contributed by atoms with Gasteiger partial charge in [-0.2, -0.15) is 0 Å². The molecule has 1 aromatic heterocycles. The lowest BCUT2D eigenvalue weighted by Gasteiger charge is -2.35. The summed E-state index contributed by atoms with van der Waals surface area (Å²) in [7, 11) is 0. The van der Waals surface area contributed by atoms with Gasteiger partial charge < -0.3 is 24.2 Å². The van der Waals surface area contributed by atoms with Crippen molar-refractivity contribution in [2.75, 3.05) is 13.2 Å². The van der Waals surface area contributed by atoms with Crippen LogP contribution in [0.5, 0.6) is 11.6 Å². The molecule has 0 unspecified atom stereocenters. The number of hydrogen-bond donors (Lipinski definition) is 1. The number of hydrogen-bond acceptors (Lipinski definition) is 8. The van der Waals surface area contributed by atoms with Crippen LogP contribution in [-0.4, -0.2) is 69.5 Å². The number of fused-ring (bicyclic) bond motifs is 1. The molecule has 1 saturated heterocycles. The van der Waals surface area contributed by atoms with Gasteiger partial charge in [0.15, 0.2) is 5.78 Å². The lowest BCUT2D eigenvalue weighted by atomic mass is 9.77. The molecule has 5 atom stereocenters. The first-order valence-electron chi connectivity index (χ1n) is 16.1. The van der Waals surface area contributed by atoms with Gasteiger partial charge in [-0.15, -0.1) is 0 Å².